The van der Waals surface area contributed by atoms with Crippen molar-refractivity contribution in [3.05, 3.63) is 60.0 Å². The topological polar surface area (TPSA) is 23.8 Å². The Kier molecular flexibility index (Phi) is 3.10. The van der Waals surface area contributed by atoms with Gasteiger partial charge in [0.2, 0.25) is 0 Å². The lowest BCUT2D eigenvalue weighted by atomic mass is 9.67. The van der Waals surface area contributed by atoms with Gasteiger partial charge < -0.3 is 0 Å². The van der Waals surface area contributed by atoms with Gasteiger partial charge >= 0.3 is 0 Å². The highest BCUT2D eigenvalue weighted by atomic mass is 19.1. The first-order chi connectivity index (χ1) is 8.19. The van der Waals surface area contributed by atoms with Crippen molar-refractivity contribution in [2.75, 3.05) is 0 Å². The molecule has 0 bridgehead atoms. The third kappa shape index (κ3) is 2.01. The number of halogens is 1. The fourth-order valence-electron chi connectivity index (χ4n) is 2.37. The van der Waals surface area contributed by atoms with Crippen molar-refractivity contribution in [2.24, 2.45) is 5.92 Å². The van der Waals surface area contributed by atoms with Crippen LogP contribution in [-0.2, 0) is 5.41 Å². The fourth-order valence-corrected chi connectivity index (χ4v) is 2.37. The summed E-state index contributed by atoms with van der Waals surface area (Å²) in [4.78, 5) is 0. The summed E-state index contributed by atoms with van der Waals surface area (Å²) in [5.41, 5.74) is 0.471. The Hall–Kier alpha value is -1.88. The molecule has 0 N–H and O–H groups in total. The van der Waals surface area contributed by atoms with Gasteiger partial charge in [-0.1, -0.05) is 43.4 Å². The Balaban J connectivity index is 2.52. The average Bonchev–Trinajstić information content (AvgIpc) is 2.32. The van der Waals surface area contributed by atoms with E-state index in [0.717, 1.165) is 5.56 Å². The van der Waals surface area contributed by atoms with Gasteiger partial charge in [0.05, 0.1) is 6.07 Å². The maximum absolute atomic E-state index is 13.3. The van der Waals surface area contributed by atoms with Gasteiger partial charge in [-0.15, -0.1) is 0 Å². The maximum Gasteiger partial charge on any atom is 0.123 e. The van der Waals surface area contributed by atoms with Crippen LogP contribution in [0.15, 0.2) is 48.6 Å². The van der Waals surface area contributed by atoms with E-state index in [9.17, 15) is 4.39 Å². The summed E-state index contributed by atoms with van der Waals surface area (Å²) in [7, 11) is 0. The minimum Gasteiger partial charge on any atom is -0.207 e. The molecular weight excluding hydrogens is 213 g/mol. The summed E-state index contributed by atoms with van der Waals surface area (Å²) in [6.45, 7) is 2.06. The summed E-state index contributed by atoms with van der Waals surface area (Å²) in [5.74, 6) is -0.0658. The monoisotopic (exact) mass is 227 g/mol. The minimum absolute atomic E-state index is 0.189. The Bertz CT molecular complexity index is 510. The van der Waals surface area contributed by atoms with E-state index in [0.29, 0.717) is 6.42 Å². The van der Waals surface area contributed by atoms with E-state index in [4.69, 9.17) is 5.26 Å². The molecule has 0 aliphatic heterocycles. The molecule has 2 atom stereocenters. The summed E-state index contributed by atoms with van der Waals surface area (Å²) in [5, 5.41) is 9.03. The van der Waals surface area contributed by atoms with Crippen LogP contribution in [0, 0.1) is 23.1 Å². The molecule has 1 aliphatic rings. The molecule has 2 rings (SSSR count). The van der Waals surface area contributed by atoms with Crippen LogP contribution in [0.2, 0.25) is 0 Å². The zero-order valence-corrected chi connectivity index (χ0v) is 9.73. The van der Waals surface area contributed by atoms with Crippen LogP contribution in [0.5, 0.6) is 0 Å². The molecule has 0 saturated carbocycles. The number of hydrogen-bond acceptors (Lipinski definition) is 1. The lowest BCUT2D eigenvalue weighted by Crippen LogP contribution is -2.31. The van der Waals surface area contributed by atoms with Crippen molar-refractivity contribution in [1.29, 1.82) is 5.26 Å². The number of benzene rings is 1. The van der Waals surface area contributed by atoms with Crippen LogP contribution in [0.1, 0.15) is 18.9 Å². The molecule has 0 fully saturated rings. The summed E-state index contributed by atoms with van der Waals surface area (Å²) >= 11 is 0. The van der Waals surface area contributed by atoms with Crippen LogP contribution < -0.4 is 0 Å². The molecule has 0 spiro atoms. The van der Waals surface area contributed by atoms with Crippen molar-refractivity contribution >= 4 is 0 Å². The maximum atomic E-state index is 13.3. The molecule has 0 heterocycles. The highest BCUT2D eigenvalue weighted by Crippen LogP contribution is 2.40. The molecule has 1 aromatic carbocycles. The van der Waals surface area contributed by atoms with Gasteiger partial charge in [-0.05, 0) is 23.6 Å². The zero-order valence-electron chi connectivity index (χ0n) is 9.73. The molecule has 0 aromatic heterocycles. The normalized spacial score (nSPS) is 26.8. The van der Waals surface area contributed by atoms with Crippen LogP contribution in [0.25, 0.3) is 0 Å². The van der Waals surface area contributed by atoms with Crippen molar-refractivity contribution in [2.45, 2.75) is 18.8 Å². The zero-order chi connectivity index (χ0) is 12.3. The predicted molar refractivity (Wildman–Crippen MR) is 65.8 cm³/mol. The van der Waals surface area contributed by atoms with E-state index in [1.54, 1.807) is 6.07 Å². The molecule has 1 aromatic rings. The Morgan fingerprint density at radius 2 is 2.24 bits per heavy atom. The lowest BCUT2D eigenvalue weighted by Gasteiger charge is -2.35. The van der Waals surface area contributed by atoms with Gasteiger partial charge in [0, 0.05) is 11.8 Å². The number of allylic oxidation sites excluding steroid dienone is 4. The standard InChI is InChI=1S/C15H14FN/c1-12-5-2-3-8-15(12,9-10-17)13-6-4-7-14(16)11-13/h2-8,11-12H,9H2,1H3. The van der Waals surface area contributed by atoms with Crippen molar-refractivity contribution < 1.29 is 4.39 Å². The molecule has 0 radical (unpaired) electrons. The van der Waals surface area contributed by atoms with E-state index in [1.165, 1.54) is 12.1 Å². The molecular formula is C15H14FN. The smallest absolute Gasteiger partial charge is 0.123 e. The van der Waals surface area contributed by atoms with Gasteiger partial charge in [-0.25, -0.2) is 4.39 Å². The van der Waals surface area contributed by atoms with Crippen LogP contribution in [0.4, 0.5) is 4.39 Å². The van der Waals surface area contributed by atoms with Crippen molar-refractivity contribution in [3.8, 4) is 6.07 Å². The number of hydrogen-bond donors (Lipinski definition) is 0. The average molecular weight is 227 g/mol. The van der Waals surface area contributed by atoms with E-state index in [-0.39, 0.29) is 11.7 Å². The van der Waals surface area contributed by atoms with Gasteiger partial charge in [-0.2, -0.15) is 5.26 Å². The van der Waals surface area contributed by atoms with Gasteiger partial charge in [0.1, 0.15) is 5.82 Å². The lowest BCUT2D eigenvalue weighted by molar-refractivity contribution is 0.422. The van der Waals surface area contributed by atoms with E-state index < -0.39 is 5.41 Å². The molecule has 1 aliphatic carbocycles. The number of nitriles is 1. The Morgan fingerprint density at radius 1 is 1.41 bits per heavy atom. The number of rotatable bonds is 2. The molecule has 86 valence electrons. The number of nitrogens with zero attached hydrogens (tertiary/aromatic N) is 1. The first-order valence-electron chi connectivity index (χ1n) is 5.68. The quantitative estimate of drug-likeness (QED) is 0.755. The third-order valence-corrected chi connectivity index (χ3v) is 3.45. The predicted octanol–water partition coefficient (Wildman–Crippen LogP) is 3.74. The SMILES string of the molecule is CC1C=CC=CC1(CC#N)c1cccc(F)c1. The van der Waals surface area contributed by atoms with Crippen molar-refractivity contribution in [3.63, 3.8) is 0 Å². The summed E-state index contributed by atoms with van der Waals surface area (Å²) < 4.78 is 13.3. The van der Waals surface area contributed by atoms with Crippen molar-refractivity contribution in [1.82, 2.24) is 0 Å². The summed E-state index contributed by atoms with van der Waals surface area (Å²) in [6.07, 6.45) is 8.33. The van der Waals surface area contributed by atoms with Gasteiger partial charge in [0.25, 0.3) is 0 Å². The summed E-state index contributed by atoms with van der Waals surface area (Å²) in [6, 6.07) is 8.76. The molecule has 0 saturated heterocycles. The highest BCUT2D eigenvalue weighted by Gasteiger charge is 2.35. The highest BCUT2D eigenvalue weighted by molar-refractivity contribution is 5.38. The molecule has 1 nitrogen and oxygen atoms in total. The first-order valence-corrected chi connectivity index (χ1v) is 5.68. The molecule has 2 unspecified atom stereocenters. The second-order valence-electron chi connectivity index (χ2n) is 4.42. The third-order valence-electron chi connectivity index (χ3n) is 3.45. The van der Waals surface area contributed by atoms with E-state index in [1.807, 2.05) is 24.3 Å². The first kappa shape index (κ1) is 11.6. The second-order valence-corrected chi connectivity index (χ2v) is 4.42. The molecule has 17 heavy (non-hydrogen) atoms. The molecule has 0 amide bonds. The van der Waals surface area contributed by atoms with E-state index >= 15 is 0 Å². The Morgan fingerprint density at radius 3 is 2.88 bits per heavy atom. The van der Waals surface area contributed by atoms with Gasteiger partial charge in [0.15, 0.2) is 0 Å². The van der Waals surface area contributed by atoms with Crippen LogP contribution in [0.3, 0.4) is 0 Å². The van der Waals surface area contributed by atoms with E-state index in [2.05, 4.69) is 19.1 Å². The van der Waals surface area contributed by atoms with Crippen LogP contribution in [-0.4, -0.2) is 0 Å². The largest absolute Gasteiger partial charge is 0.207 e. The Labute approximate surface area is 101 Å². The second kappa shape index (κ2) is 4.55. The van der Waals surface area contributed by atoms with Gasteiger partial charge in [-0.3, -0.25) is 0 Å². The fraction of sp³-hybridized carbons (Fsp3) is 0.267. The molecule has 2 heteroatoms. The minimum atomic E-state index is -0.397. The van der Waals surface area contributed by atoms with Crippen LogP contribution >= 0.6 is 0 Å².